The van der Waals surface area contributed by atoms with E-state index in [2.05, 4.69) is 5.32 Å². The van der Waals surface area contributed by atoms with Crippen molar-refractivity contribution in [2.75, 3.05) is 49.9 Å². The van der Waals surface area contributed by atoms with Crippen LogP contribution in [-0.4, -0.2) is 41.3 Å². The van der Waals surface area contributed by atoms with Gasteiger partial charge in [-0.3, -0.25) is 9.80 Å². The normalized spacial score (nSPS) is 10.4. The fourth-order valence-corrected chi connectivity index (χ4v) is 2.74. The maximum absolute atomic E-state index is 13.0. The molecule has 2 rings (SSSR count). The van der Waals surface area contributed by atoms with Crippen LogP contribution in [0.3, 0.4) is 0 Å². The van der Waals surface area contributed by atoms with Crippen LogP contribution < -0.4 is 20.0 Å². The Balaban J connectivity index is 2.32. The first kappa shape index (κ1) is 17.8. The van der Waals surface area contributed by atoms with Crippen LogP contribution in [0.25, 0.3) is 0 Å². The van der Waals surface area contributed by atoms with Crippen molar-refractivity contribution in [3.63, 3.8) is 0 Å². The second kappa shape index (κ2) is 7.84. The summed E-state index contributed by atoms with van der Waals surface area (Å²) in [6.45, 7) is 0.714. The van der Waals surface area contributed by atoms with Crippen LogP contribution in [0.5, 0.6) is 0 Å². The number of urea groups is 1. The third-order valence-corrected chi connectivity index (χ3v) is 4.02. The molecule has 0 aromatic heterocycles. The van der Waals surface area contributed by atoms with Gasteiger partial charge in [0.25, 0.3) is 0 Å². The average Bonchev–Trinajstić information content (AvgIpc) is 2.60. The fraction of sp³-hybridized carbons (Fsp3) is 0.316. The van der Waals surface area contributed by atoms with E-state index in [9.17, 15) is 4.79 Å². The third kappa shape index (κ3) is 3.68. The van der Waals surface area contributed by atoms with Crippen LogP contribution in [-0.2, 0) is 6.54 Å². The molecule has 24 heavy (non-hydrogen) atoms. The SMILES string of the molecule is CNCc1ccccc1N(C)C(=O)N(C)c1ccccc1N(C)C. The van der Waals surface area contributed by atoms with Crippen molar-refractivity contribution >= 4 is 23.1 Å². The summed E-state index contributed by atoms with van der Waals surface area (Å²) >= 11 is 0. The molecular formula is C19H26N4O. The summed E-state index contributed by atoms with van der Waals surface area (Å²) in [5, 5.41) is 3.14. The van der Waals surface area contributed by atoms with E-state index in [1.807, 2.05) is 88.7 Å². The monoisotopic (exact) mass is 326 g/mol. The minimum atomic E-state index is -0.0761. The minimum Gasteiger partial charge on any atom is -0.376 e. The van der Waals surface area contributed by atoms with Gasteiger partial charge in [-0.1, -0.05) is 30.3 Å². The number of rotatable bonds is 5. The third-order valence-electron chi connectivity index (χ3n) is 4.02. The van der Waals surface area contributed by atoms with Crippen LogP contribution in [0.2, 0.25) is 0 Å². The number of nitrogens with zero attached hydrogens (tertiary/aromatic N) is 3. The zero-order valence-corrected chi connectivity index (χ0v) is 15.1. The molecule has 0 saturated carbocycles. The molecule has 5 nitrogen and oxygen atoms in total. The molecule has 0 aliphatic rings. The van der Waals surface area contributed by atoms with Crippen LogP contribution >= 0.6 is 0 Å². The van der Waals surface area contributed by atoms with E-state index >= 15 is 0 Å². The topological polar surface area (TPSA) is 38.8 Å². The van der Waals surface area contributed by atoms with Crippen molar-refractivity contribution in [3.05, 3.63) is 54.1 Å². The van der Waals surface area contributed by atoms with Crippen molar-refractivity contribution in [1.82, 2.24) is 5.32 Å². The Morgan fingerprint density at radius 1 is 0.833 bits per heavy atom. The Hall–Kier alpha value is -2.53. The molecule has 0 atom stereocenters. The largest absolute Gasteiger partial charge is 0.376 e. The summed E-state index contributed by atoms with van der Waals surface area (Å²) < 4.78 is 0. The number of anilines is 3. The lowest BCUT2D eigenvalue weighted by Crippen LogP contribution is -2.40. The minimum absolute atomic E-state index is 0.0761. The van der Waals surface area contributed by atoms with Crippen LogP contribution in [0, 0.1) is 0 Å². The standard InChI is InChI=1S/C19H26N4O/c1-20-14-15-10-6-7-11-16(15)22(4)19(24)23(5)18-13-9-8-12-17(18)21(2)3/h6-13,20H,14H2,1-5H3. The highest BCUT2D eigenvalue weighted by Crippen LogP contribution is 2.29. The van der Waals surface area contributed by atoms with Gasteiger partial charge >= 0.3 is 6.03 Å². The van der Waals surface area contributed by atoms with Crippen molar-refractivity contribution in [3.8, 4) is 0 Å². The first-order chi connectivity index (χ1) is 11.5. The van der Waals surface area contributed by atoms with E-state index in [1.54, 1.807) is 9.80 Å². The van der Waals surface area contributed by atoms with Crippen LogP contribution in [0.15, 0.2) is 48.5 Å². The van der Waals surface area contributed by atoms with Crippen molar-refractivity contribution in [2.24, 2.45) is 0 Å². The quantitative estimate of drug-likeness (QED) is 0.917. The van der Waals surface area contributed by atoms with Gasteiger partial charge in [-0.15, -0.1) is 0 Å². The average molecular weight is 326 g/mol. The fourth-order valence-electron chi connectivity index (χ4n) is 2.74. The maximum atomic E-state index is 13.0. The Kier molecular flexibility index (Phi) is 5.82. The molecule has 0 heterocycles. The molecule has 0 aliphatic heterocycles. The lowest BCUT2D eigenvalue weighted by atomic mass is 10.1. The number of hydrogen-bond acceptors (Lipinski definition) is 3. The van der Waals surface area contributed by atoms with E-state index in [-0.39, 0.29) is 6.03 Å². The molecule has 0 spiro atoms. The number of carbonyl (C=O) groups is 1. The van der Waals surface area contributed by atoms with E-state index in [0.717, 1.165) is 22.6 Å². The molecule has 2 aromatic carbocycles. The Bertz CT molecular complexity index is 699. The van der Waals surface area contributed by atoms with Crippen molar-refractivity contribution in [1.29, 1.82) is 0 Å². The first-order valence-electron chi connectivity index (χ1n) is 7.97. The predicted molar refractivity (Wildman–Crippen MR) is 102 cm³/mol. The Morgan fingerprint density at radius 3 is 1.92 bits per heavy atom. The number of benzene rings is 2. The summed E-state index contributed by atoms with van der Waals surface area (Å²) in [4.78, 5) is 18.4. The second-order valence-corrected chi connectivity index (χ2v) is 5.94. The highest BCUT2D eigenvalue weighted by Gasteiger charge is 2.21. The Morgan fingerprint density at radius 2 is 1.33 bits per heavy atom. The summed E-state index contributed by atoms with van der Waals surface area (Å²) in [7, 11) is 9.47. The highest BCUT2D eigenvalue weighted by atomic mass is 16.2. The second-order valence-electron chi connectivity index (χ2n) is 5.94. The molecule has 0 radical (unpaired) electrons. The van der Waals surface area contributed by atoms with E-state index in [0.29, 0.717) is 6.54 Å². The van der Waals surface area contributed by atoms with Gasteiger partial charge in [0.2, 0.25) is 0 Å². The molecule has 2 amide bonds. The van der Waals surface area contributed by atoms with Gasteiger partial charge in [0.1, 0.15) is 0 Å². The summed E-state index contributed by atoms with van der Waals surface area (Å²) in [6.07, 6.45) is 0. The molecule has 128 valence electrons. The predicted octanol–water partition coefficient (Wildman–Crippen LogP) is 3.16. The molecular weight excluding hydrogens is 300 g/mol. The molecule has 0 bridgehead atoms. The lowest BCUT2D eigenvalue weighted by Gasteiger charge is -2.29. The van der Waals surface area contributed by atoms with Crippen LogP contribution in [0.4, 0.5) is 21.9 Å². The van der Waals surface area contributed by atoms with Crippen LogP contribution in [0.1, 0.15) is 5.56 Å². The number of carbonyl (C=O) groups excluding carboxylic acids is 1. The van der Waals surface area contributed by atoms with Gasteiger partial charge in [0.15, 0.2) is 0 Å². The number of hydrogen-bond donors (Lipinski definition) is 1. The van der Waals surface area contributed by atoms with Crippen molar-refractivity contribution < 1.29 is 4.79 Å². The summed E-state index contributed by atoms with van der Waals surface area (Å²) in [6, 6.07) is 15.7. The maximum Gasteiger partial charge on any atom is 0.328 e. The number of para-hydroxylation sites is 3. The first-order valence-corrected chi connectivity index (χ1v) is 7.97. The number of nitrogens with one attached hydrogen (secondary N) is 1. The van der Waals surface area contributed by atoms with Gasteiger partial charge in [-0.25, -0.2) is 4.79 Å². The molecule has 1 N–H and O–H groups in total. The summed E-state index contributed by atoms with van der Waals surface area (Å²) in [5.41, 5.74) is 3.88. The molecule has 5 heteroatoms. The van der Waals surface area contributed by atoms with E-state index in [1.165, 1.54) is 0 Å². The van der Waals surface area contributed by atoms with Crippen molar-refractivity contribution in [2.45, 2.75) is 6.54 Å². The lowest BCUT2D eigenvalue weighted by molar-refractivity contribution is 0.253. The zero-order valence-electron chi connectivity index (χ0n) is 15.1. The summed E-state index contributed by atoms with van der Waals surface area (Å²) in [5.74, 6) is 0. The Labute approximate surface area is 144 Å². The zero-order chi connectivity index (χ0) is 17.7. The molecule has 0 fully saturated rings. The van der Waals surface area contributed by atoms with E-state index < -0.39 is 0 Å². The van der Waals surface area contributed by atoms with Gasteiger partial charge in [-0.05, 0) is 30.8 Å². The molecule has 0 aliphatic carbocycles. The highest BCUT2D eigenvalue weighted by molar-refractivity contribution is 6.05. The molecule has 0 saturated heterocycles. The van der Waals surface area contributed by atoms with Gasteiger partial charge in [-0.2, -0.15) is 0 Å². The van der Waals surface area contributed by atoms with Gasteiger partial charge in [0, 0.05) is 40.4 Å². The molecule has 0 unspecified atom stereocenters. The molecule has 2 aromatic rings. The number of amides is 2. The van der Waals surface area contributed by atoms with E-state index in [4.69, 9.17) is 0 Å². The smallest absolute Gasteiger partial charge is 0.328 e. The van der Waals surface area contributed by atoms with Gasteiger partial charge in [0.05, 0.1) is 11.4 Å². The van der Waals surface area contributed by atoms with Gasteiger partial charge < -0.3 is 10.2 Å².